The molecule has 1 N–H and O–H groups in total. The van der Waals surface area contributed by atoms with Gasteiger partial charge < -0.3 is 10.1 Å². The van der Waals surface area contributed by atoms with Gasteiger partial charge in [-0.25, -0.2) is 22.7 Å². The molecule has 124 valence electrons. The van der Waals surface area contributed by atoms with Crippen LogP contribution in [-0.2, 0) is 21.2 Å². The molecule has 7 nitrogen and oxygen atoms in total. The maximum Gasteiger partial charge on any atom is 0.211 e. The zero-order valence-electron chi connectivity index (χ0n) is 13.2. The second kappa shape index (κ2) is 7.85. The van der Waals surface area contributed by atoms with Gasteiger partial charge in [0.25, 0.3) is 0 Å². The fourth-order valence-corrected chi connectivity index (χ4v) is 3.62. The lowest BCUT2D eigenvalue weighted by atomic mass is 9.94. The van der Waals surface area contributed by atoms with Crippen molar-refractivity contribution in [3.8, 4) is 0 Å². The fraction of sp³-hybridized carbons (Fsp3) is 0.714. The van der Waals surface area contributed by atoms with Gasteiger partial charge in [0.2, 0.25) is 10.0 Å². The molecule has 0 saturated carbocycles. The average Bonchev–Trinajstić information content (AvgIpc) is 2.47. The van der Waals surface area contributed by atoms with Crippen LogP contribution < -0.4 is 5.32 Å². The second-order valence-electron chi connectivity index (χ2n) is 5.65. The minimum absolute atomic E-state index is 0.310. The van der Waals surface area contributed by atoms with Gasteiger partial charge in [-0.2, -0.15) is 0 Å². The van der Waals surface area contributed by atoms with Crippen LogP contribution in [0.1, 0.15) is 18.5 Å². The lowest BCUT2D eigenvalue weighted by Crippen LogP contribution is -2.39. The quantitative estimate of drug-likeness (QED) is 0.744. The topological polar surface area (TPSA) is 84.4 Å². The Hall–Kier alpha value is -1.25. The Morgan fingerprint density at radius 1 is 1.45 bits per heavy atom. The number of nitrogens with zero attached hydrogens (tertiary/aromatic N) is 3. The van der Waals surface area contributed by atoms with Gasteiger partial charge in [-0.15, -0.1) is 0 Å². The fourth-order valence-electron chi connectivity index (χ4n) is 2.68. The van der Waals surface area contributed by atoms with E-state index in [9.17, 15) is 8.42 Å². The van der Waals surface area contributed by atoms with Crippen LogP contribution in [0, 0.1) is 5.92 Å². The third-order valence-electron chi connectivity index (χ3n) is 3.78. The summed E-state index contributed by atoms with van der Waals surface area (Å²) < 4.78 is 29.9. The van der Waals surface area contributed by atoms with E-state index >= 15 is 0 Å². The van der Waals surface area contributed by atoms with Crippen LogP contribution >= 0.6 is 0 Å². The summed E-state index contributed by atoms with van der Waals surface area (Å²) in [6, 6.07) is 1.93. The number of methoxy groups -OCH3 is 1. The lowest BCUT2D eigenvalue weighted by molar-refractivity contribution is 0.210. The largest absolute Gasteiger partial charge is 0.383 e. The summed E-state index contributed by atoms with van der Waals surface area (Å²) in [7, 11) is -1.44. The molecule has 1 atom stereocenters. The molecule has 22 heavy (non-hydrogen) atoms. The van der Waals surface area contributed by atoms with Crippen molar-refractivity contribution in [3.63, 3.8) is 0 Å². The van der Waals surface area contributed by atoms with Gasteiger partial charge in [-0.3, -0.25) is 0 Å². The highest BCUT2D eigenvalue weighted by Gasteiger charge is 2.26. The van der Waals surface area contributed by atoms with E-state index in [-0.39, 0.29) is 0 Å². The molecule has 1 aromatic rings. The van der Waals surface area contributed by atoms with Crippen molar-refractivity contribution in [3.05, 3.63) is 18.1 Å². The number of rotatable bonds is 7. The second-order valence-corrected chi connectivity index (χ2v) is 7.63. The maximum atomic E-state index is 11.7. The highest BCUT2D eigenvalue weighted by atomic mass is 32.2. The molecular weight excluding hydrogens is 304 g/mol. The first-order valence-corrected chi connectivity index (χ1v) is 9.32. The van der Waals surface area contributed by atoms with E-state index in [1.807, 2.05) is 6.07 Å². The van der Waals surface area contributed by atoms with E-state index in [1.54, 1.807) is 17.7 Å². The molecule has 0 aromatic carbocycles. The van der Waals surface area contributed by atoms with E-state index < -0.39 is 10.0 Å². The molecule has 8 heteroatoms. The molecule has 0 spiro atoms. The van der Waals surface area contributed by atoms with Gasteiger partial charge in [-0.1, -0.05) is 0 Å². The SMILES string of the molecule is COCCNc1cc(CC2CCCN(S(C)(=O)=O)C2)ncn1. The first kappa shape index (κ1) is 17.1. The van der Waals surface area contributed by atoms with E-state index in [2.05, 4.69) is 15.3 Å². The molecule has 1 saturated heterocycles. The summed E-state index contributed by atoms with van der Waals surface area (Å²) in [6.45, 7) is 2.52. The van der Waals surface area contributed by atoms with Crippen LogP contribution in [0.4, 0.5) is 5.82 Å². The Morgan fingerprint density at radius 3 is 3.00 bits per heavy atom. The summed E-state index contributed by atoms with van der Waals surface area (Å²) >= 11 is 0. The van der Waals surface area contributed by atoms with E-state index in [1.165, 1.54) is 6.26 Å². The third-order valence-corrected chi connectivity index (χ3v) is 5.05. The van der Waals surface area contributed by atoms with E-state index in [4.69, 9.17) is 4.74 Å². The van der Waals surface area contributed by atoms with Gasteiger partial charge in [-0.05, 0) is 25.2 Å². The standard InChI is InChI=1S/C14H24N4O3S/c1-21-7-5-15-14-9-13(16-11-17-14)8-12-4-3-6-18(10-12)22(2,19)20/h9,11-12H,3-8,10H2,1-2H3,(H,15,16,17). The van der Waals surface area contributed by atoms with Gasteiger partial charge in [0.05, 0.1) is 12.9 Å². The molecule has 0 aliphatic carbocycles. The lowest BCUT2D eigenvalue weighted by Gasteiger charge is -2.30. The van der Waals surface area contributed by atoms with Crippen LogP contribution in [0.15, 0.2) is 12.4 Å². The Balaban J connectivity index is 1.94. The van der Waals surface area contributed by atoms with Crippen LogP contribution in [0.25, 0.3) is 0 Å². The van der Waals surface area contributed by atoms with Gasteiger partial charge in [0, 0.05) is 38.5 Å². The zero-order valence-corrected chi connectivity index (χ0v) is 14.0. The van der Waals surface area contributed by atoms with Crippen molar-refractivity contribution in [2.24, 2.45) is 5.92 Å². The van der Waals surface area contributed by atoms with Crippen LogP contribution in [-0.4, -0.2) is 62.3 Å². The molecule has 1 unspecified atom stereocenters. The van der Waals surface area contributed by atoms with Crippen molar-refractivity contribution in [1.29, 1.82) is 0 Å². The van der Waals surface area contributed by atoms with Gasteiger partial charge in [0.1, 0.15) is 12.1 Å². The minimum atomic E-state index is -3.10. The predicted molar refractivity (Wildman–Crippen MR) is 85.2 cm³/mol. The van der Waals surface area contributed by atoms with Crippen LogP contribution in [0.2, 0.25) is 0 Å². The summed E-state index contributed by atoms with van der Waals surface area (Å²) in [4.78, 5) is 8.47. The van der Waals surface area contributed by atoms with E-state index in [0.29, 0.717) is 32.2 Å². The maximum absolute atomic E-state index is 11.7. The summed E-state index contributed by atoms with van der Waals surface area (Å²) in [5, 5.41) is 3.17. The smallest absolute Gasteiger partial charge is 0.211 e. The Labute approximate surface area is 132 Å². The monoisotopic (exact) mass is 328 g/mol. The highest BCUT2D eigenvalue weighted by Crippen LogP contribution is 2.22. The number of hydrogen-bond acceptors (Lipinski definition) is 6. The number of sulfonamides is 1. The van der Waals surface area contributed by atoms with Crippen molar-refractivity contribution in [2.75, 3.05) is 44.9 Å². The van der Waals surface area contributed by atoms with Crippen molar-refractivity contribution in [2.45, 2.75) is 19.3 Å². The number of piperidine rings is 1. The molecule has 1 aromatic heterocycles. The number of hydrogen-bond donors (Lipinski definition) is 1. The zero-order chi connectivity index (χ0) is 16.0. The Bertz CT molecular complexity index is 579. The number of nitrogens with one attached hydrogen (secondary N) is 1. The molecule has 1 fully saturated rings. The van der Waals surface area contributed by atoms with E-state index in [0.717, 1.165) is 30.8 Å². The molecule has 2 heterocycles. The van der Waals surface area contributed by atoms with Gasteiger partial charge >= 0.3 is 0 Å². The van der Waals surface area contributed by atoms with Crippen LogP contribution in [0.3, 0.4) is 0 Å². The number of aromatic nitrogens is 2. The number of ether oxygens (including phenoxy) is 1. The summed E-state index contributed by atoms with van der Waals surface area (Å²) in [5.74, 6) is 1.09. The molecule has 1 aliphatic rings. The minimum Gasteiger partial charge on any atom is -0.383 e. The Morgan fingerprint density at radius 2 is 2.27 bits per heavy atom. The first-order valence-electron chi connectivity index (χ1n) is 7.48. The summed E-state index contributed by atoms with van der Waals surface area (Å²) in [5.41, 5.74) is 0.940. The Kier molecular flexibility index (Phi) is 6.10. The molecule has 0 amide bonds. The molecular formula is C14H24N4O3S. The summed E-state index contributed by atoms with van der Waals surface area (Å²) in [6.07, 6.45) is 5.53. The first-order chi connectivity index (χ1) is 10.5. The van der Waals surface area contributed by atoms with Crippen molar-refractivity contribution >= 4 is 15.8 Å². The van der Waals surface area contributed by atoms with Crippen molar-refractivity contribution in [1.82, 2.24) is 14.3 Å². The van der Waals surface area contributed by atoms with Gasteiger partial charge in [0.15, 0.2) is 0 Å². The normalized spacial score (nSPS) is 20.0. The van der Waals surface area contributed by atoms with Crippen molar-refractivity contribution < 1.29 is 13.2 Å². The van der Waals surface area contributed by atoms with Crippen LogP contribution in [0.5, 0.6) is 0 Å². The third kappa shape index (κ3) is 5.19. The predicted octanol–water partition coefficient (Wildman–Crippen LogP) is 0.749. The molecule has 0 radical (unpaired) electrons. The molecule has 0 bridgehead atoms. The highest BCUT2D eigenvalue weighted by molar-refractivity contribution is 7.88. The average molecular weight is 328 g/mol. The molecule has 2 rings (SSSR count). The number of anilines is 1. The molecule has 1 aliphatic heterocycles.